The molecule has 2 rings (SSSR count). The molecule has 0 fully saturated rings. The molecule has 0 bridgehead atoms. The molecule has 0 saturated carbocycles. The summed E-state index contributed by atoms with van der Waals surface area (Å²) in [6, 6.07) is 7.09. The second-order valence-corrected chi connectivity index (χ2v) is 8.31. The van der Waals surface area contributed by atoms with Crippen LogP contribution in [0.3, 0.4) is 0 Å². The topological polar surface area (TPSA) is 103 Å². The van der Waals surface area contributed by atoms with E-state index < -0.39 is 5.25 Å². The number of anilines is 1. The molecule has 0 unspecified atom stereocenters. The molecule has 9 heteroatoms. The molecule has 0 radical (unpaired) electrons. The maximum Gasteiger partial charge on any atom is 0.237 e. The largest absolute Gasteiger partial charge is 0.370 e. The molecule has 1 aromatic heterocycles. The highest BCUT2D eigenvalue weighted by Crippen LogP contribution is 2.26. The predicted molar refractivity (Wildman–Crippen MR) is 108 cm³/mol. The molecule has 0 aliphatic carbocycles. The van der Waals surface area contributed by atoms with Crippen LogP contribution in [0.1, 0.15) is 33.0 Å². The van der Waals surface area contributed by atoms with E-state index in [1.165, 1.54) is 11.8 Å². The van der Waals surface area contributed by atoms with Crippen molar-refractivity contribution in [3.63, 3.8) is 0 Å². The lowest BCUT2D eigenvalue weighted by molar-refractivity contribution is -0.118. The lowest BCUT2D eigenvalue weighted by Crippen LogP contribution is -2.23. The molecular weight excluding hydrogens is 386 g/mol. The Labute approximate surface area is 168 Å². The van der Waals surface area contributed by atoms with E-state index >= 15 is 0 Å². The van der Waals surface area contributed by atoms with Gasteiger partial charge in [-0.1, -0.05) is 49.3 Å². The SMILES string of the molecule is CC(C)Cn1c(CCC(N)=O)nnc1S[C@H](C)C(=O)Nc1ccccc1Cl. The standard InChI is InChI=1S/C18H24ClN5O2S/c1-11(2)10-24-16(9-8-15(20)25)22-23-18(24)27-12(3)17(26)21-14-7-5-4-6-13(14)19/h4-7,11-12H,8-10H2,1-3H3,(H2,20,25)(H,21,26)/t12-/m1/s1. The van der Waals surface area contributed by atoms with E-state index in [1.54, 1.807) is 25.1 Å². The van der Waals surface area contributed by atoms with Crippen molar-refractivity contribution < 1.29 is 9.59 Å². The van der Waals surface area contributed by atoms with Crippen LogP contribution in [-0.4, -0.2) is 31.8 Å². The summed E-state index contributed by atoms with van der Waals surface area (Å²) in [5.74, 6) is 0.505. The smallest absolute Gasteiger partial charge is 0.237 e. The van der Waals surface area contributed by atoms with E-state index in [4.69, 9.17) is 17.3 Å². The van der Waals surface area contributed by atoms with Crippen molar-refractivity contribution in [2.24, 2.45) is 11.7 Å². The number of halogens is 1. The number of benzene rings is 1. The van der Waals surface area contributed by atoms with Gasteiger partial charge in [-0.05, 0) is 25.0 Å². The number of primary amides is 1. The molecule has 7 nitrogen and oxygen atoms in total. The minimum atomic E-state index is -0.402. The van der Waals surface area contributed by atoms with Gasteiger partial charge in [-0.2, -0.15) is 0 Å². The zero-order valence-electron chi connectivity index (χ0n) is 15.6. The molecule has 1 heterocycles. The van der Waals surface area contributed by atoms with Crippen LogP contribution in [0.5, 0.6) is 0 Å². The molecule has 146 valence electrons. The monoisotopic (exact) mass is 409 g/mol. The van der Waals surface area contributed by atoms with Crippen molar-refractivity contribution in [2.75, 3.05) is 5.32 Å². The van der Waals surface area contributed by atoms with Crippen LogP contribution >= 0.6 is 23.4 Å². The van der Waals surface area contributed by atoms with E-state index in [9.17, 15) is 9.59 Å². The van der Waals surface area contributed by atoms with Gasteiger partial charge in [-0.3, -0.25) is 9.59 Å². The Morgan fingerprint density at radius 3 is 2.59 bits per heavy atom. The quantitative estimate of drug-likeness (QED) is 0.619. The van der Waals surface area contributed by atoms with Crippen molar-refractivity contribution in [3.8, 4) is 0 Å². The van der Waals surface area contributed by atoms with E-state index in [2.05, 4.69) is 29.4 Å². The first kappa shape index (κ1) is 21.2. The fraction of sp³-hybridized carbons (Fsp3) is 0.444. The van der Waals surface area contributed by atoms with Gasteiger partial charge in [0.15, 0.2) is 5.16 Å². The first-order valence-corrected chi connectivity index (χ1v) is 9.96. The fourth-order valence-electron chi connectivity index (χ4n) is 2.38. The van der Waals surface area contributed by atoms with E-state index in [1.807, 2.05) is 10.6 Å². The molecule has 27 heavy (non-hydrogen) atoms. The van der Waals surface area contributed by atoms with Crippen molar-refractivity contribution in [3.05, 3.63) is 35.1 Å². The fourth-order valence-corrected chi connectivity index (χ4v) is 3.44. The average Bonchev–Trinajstić information content (AvgIpc) is 2.96. The Morgan fingerprint density at radius 2 is 1.96 bits per heavy atom. The molecule has 0 spiro atoms. The number of nitrogens with one attached hydrogen (secondary N) is 1. The van der Waals surface area contributed by atoms with Gasteiger partial charge >= 0.3 is 0 Å². The number of nitrogens with two attached hydrogens (primary N) is 1. The predicted octanol–water partition coefficient (Wildman–Crippen LogP) is 3.12. The number of rotatable bonds is 9. The minimum Gasteiger partial charge on any atom is -0.370 e. The Balaban J connectivity index is 2.11. The lowest BCUT2D eigenvalue weighted by Gasteiger charge is -2.15. The first-order valence-electron chi connectivity index (χ1n) is 8.70. The molecule has 2 amide bonds. The van der Waals surface area contributed by atoms with Crippen LogP contribution in [0.4, 0.5) is 5.69 Å². The Bertz CT molecular complexity index is 809. The second-order valence-electron chi connectivity index (χ2n) is 6.60. The third kappa shape index (κ3) is 6.25. The van der Waals surface area contributed by atoms with Gasteiger partial charge in [0, 0.05) is 19.4 Å². The highest BCUT2D eigenvalue weighted by atomic mass is 35.5. The summed E-state index contributed by atoms with van der Waals surface area (Å²) >= 11 is 7.41. The molecule has 3 N–H and O–H groups in total. The number of hydrogen-bond acceptors (Lipinski definition) is 5. The molecule has 2 aromatic rings. The number of para-hydroxylation sites is 1. The maximum absolute atomic E-state index is 12.5. The number of carbonyl (C=O) groups excluding carboxylic acids is 2. The Hall–Kier alpha value is -2.06. The number of aromatic nitrogens is 3. The van der Waals surface area contributed by atoms with E-state index in [0.717, 1.165) is 0 Å². The van der Waals surface area contributed by atoms with Crippen molar-refractivity contribution in [2.45, 2.75) is 50.6 Å². The maximum atomic E-state index is 12.5. The van der Waals surface area contributed by atoms with Gasteiger partial charge in [0.1, 0.15) is 5.82 Å². The third-order valence-electron chi connectivity index (χ3n) is 3.72. The van der Waals surface area contributed by atoms with Crippen LogP contribution in [-0.2, 0) is 22.6 Å². The summed E-state index contributed by atoms with van der Waals surface area (Å²) in [7, 11) is 0. The molecule has 0 saturated heterocycles. The minimum absolute atomic E-state index is 0.175. The van der Waals surface area contributed by atoms with E-state index in [0.29, 0.717) is 40.6 Å². The Kier molecular flexibility index (Phi) is 7.67. The summed E-state index contributed by atoms with van der Waals surface area (Å²) < 4.78 is 1.96. The number of aryl methyl sites for hydroxylation is 1. The van der Waals surface area contributed by atoms with Gasteiger partial charge in [-0.25, -0.2) is 0 Å². The van der Waals surface area contributed by atoms with Gasteiger partial charge < -0.3 is 15.6 Å². The van der Waals surface area contributed by atoms with Gasteiger partial charge in [0.25, 0.3) is 0 Å². The summed E-state index contributed by atoms with van der Waals surface area (Å²) in [4.78, 5) is 23.6. The van der Waals surface area contributed by atoms with Gasteiger partial charge in [0.05, 0.1) is 16.0 Å². The van der Waals surface area contributed by atoms with Crippen LogP contribution < -0.4 is 11.1 Å². The zero-order chi connectivity index (χ0) is 20.0. The lowest BCUT2D eigenvalue weighted by atomic mass is 10.2. The number of thioether (sulfide) groups is 1. The summed E-state index contributed by atoms with van der Waals surface area (Å²) in [5, 5.41) is 11.9. The molecule has 0 aliphatic rings. The van der Waals surface area contributed by atoms with Gasteiger partial charge in [-0.15, -0.1) is 10.2 Å². The van der Waals surface area contributed by atoms with Crippen molar-refractivity contribution in [1.82, 2.24) is 14.8 Å². The molecule has 1 aromatic carbocycles. The van der Waals surface area contributed by atoms with Crippen molar-refractivity contribution in [1.29, 1.82) is 0 Å². The second kappa shape index (κ2) is 9.75. The number of amides is 2. The summed E-state index contributed by atoms with van der Waals surface area (Å²) in [5.41, 5.74) is 5.81. The van der Waals surface area contributed by atoms with Crippen LogP contribution in [0.25, 0.3) is 0 Å². The highest BCUT2D eigenvalue weighted by Gasteiger charge is 2.21. The Morgan fingerprint density at radius 1 is 1.26 bits per heavy atom. The number of hydrogen-bond donors (Lipinski definition) is 2. The molecular formula is C18H24ClN5O2S. The van der Waals surface area contributed by atoms with Crippen LogP contribution in [0.2, 0.25) is 5.02 Å². The first-order chi connectivity index (χ1) is 12.8. The molecule has 1 atom stereocenters. The third-order valence-corrected chi connectivity index (χ3v) is 5.13. The normalized spacial score (nSPS) is 12.2. The summed E-state index contributed by atoms with van der Waals surface area (Å²) in [6.45, 7) is 6.66. The summed E-state index contributed by atoms with van der Waals surface area (Å²) in [6.07, 6.45) is 0.638. The van der Waals surface area contributed by atoms with E-state index in [-0.39, 0.29) is 18.2 Å². The number of carbonyl (C=O) groups is 2. The zero-order valence-corrected chi connectivity index (χ0v) is 17.2. The van der Waals surface area contributed by atoms with Crippen LogP contribution in [0, 0.1) is 5.92 Å². The molecule has 0 aliphatic heterocycles. The average molecular weight is 410 g/mol. The van der Waals surface area contributed by atoms with Gasteiger partial charge in [0.2, 0.25) is 11.8 Å². The van der Waals surface area contributed by atoms with Crippen LogP contribution in [0.15, 0.2) is 29.4 Å². The van der Waals surface area contributed by atoms with Crippen molar-refractivity contribution >= 4 is 40.9 Å². The number of nitrogens with zero attached hydrogens (tertiary/aromatic N) is 3. The highest BCUT2D eigenvalue weighted by molar-refractivity contribution is 8.00.